The van der Waals surface area contributed by atoms with Crippen LogP contribution < -0.4 is 0 Å². The SMILES string of the molecule is C[C@@H]1SC(c2cccc(O)c2O)=N[C@H]1C(=O)N(O)CCc1cnc[nH]1. The largest absolute Gasteiger partial charge is 0.504 e. The summed E-state index contributed by atoms with van der Waals surface area (Å²) in [5.41, 5.74) is 1.18. The fourth-order valence-electron chi connectivity index (χ4n) is 2.51. The van der Waals surface area contributed by atoms with Crippen molar-refractivity contribution < 1.29 is 20.2 Å². The highest BCUT2D eigenvalue weighted by Crippen LogP contribution is 2.37. The average Bonchev–Trinajstić information content (AvgIpc) is 3.24. The molecular formula is C16H18N4O4S. The molecule has 0 radical (unpaired) electrons. The molecule has 0 unspecified atom stereocenters. The summed E-state index contributed by atoms with van der Waals surface area (Å²) in [5, 5.41) is 30.5. The quantitative estimate of drug-likeness (QED) is 0.363. The van der Waals surface area contributed by atoms with Crippen LogP contribution in [0.25, 0.3) is 0 Å². The summed E-state index contributed by atoms with van der Waals surface area (Å²) >= 11 is 1.32. The van der Waals surface area contributed by atoms with Gasteiger partial charge in [-0.25, -0.2) is 10.0 Å². The Balaban J connectivity index is 1.71. The maximum atomic E-state index is 12.5. The van der Waals surface area contributed by atoms with E-state index in [4.69, 9.17) is 0 Å². The Hall–Kier alpha value is -2.52. The first kappa shape index (κ1) is 17.3. The first-order valence-corrected chi connectivity index (χ1v) is 8.58. The van der Waals surface area contributed by atoms with Crippen LogP contribution in [0.4, 0.5) is 0 Å². The van der Waals surface area contributed by atoms with E-state index in [-0.39, 0.29) is 23.3 Å². The number of phenolic OH excluding ortho intramolecular Hbond substituents is 2. The highest BCUT2D eigenvalue weighted by molar-refractivity contribution is 8.15. The molecular weight excluding hydrogens is 344 g/mol. The Bertz CT molecular complexity index is 793. The lowest BCUT2D eigenvalue weighted by Crippen LogP contribution is -2.40. The number of H-pyrrole nitrogens is 1. The number of aromatic nitrogens is 2. The molecule has 1 aliphatic heterocycles. The Labute approximate surface area is 148 Å². The third-order valence-corrected chi connectivity index (χ3v) is 5.08. The number of thioether (sulfide) groups is 1. The maximum Gasteiger partial charge on any atom is 0.271 e. The van der Waals surface area contributed by atoms with E-state index in [2.05, 4.69) is 15.0 Å². The van der Waals surface area contributed by atoms with Gasteiger partial charge >= 0.3 is 0 Å². The van der Waals surface area contributed by atoms with Crippen molar-refractivity contribution in [1.82, 2.24) is 15.0 Å². The van der Waals surface area contributed by atoms with E-state index < -0.39 is 11.9 Å². The number of aromatic hydroxyl groups is 2. The van der Waals surface area contributed by atoms with Crippen molar-refractivity contribution in [2.45, 2.75) is 24.6 Å². The second-order valence-corrected chi connectivity index (χ2v) is 7.03. The minimum atomic E-state index is -0.756. The first-order chi connectivity index (χ1) is 12.0. The maximum absolute atomic E-state index is 12.5. The minimum Gasteiger partial charge on any atom is -0.504 e. The lowest BCUT2D eigenvalue weighted by Gasteiger charge is -2.19. The van der Waals surface area contributed by atoms with Crippen molar-refractivity contribution in [2.75, 3.05) is 6.54 Å². The van der Waals surface area contributed by atoms with Gasteiger partial charge in [0, 0.05) is 23.6 Å². The summed E-state index contributed by atoms with van der Waals surface area (Å²) in [6.07, 6.45) is 3.61. The number of hydroxylamine groups is 2. The van der Waals surface area contributed by atoms with Crippen molar-refractivity contribution in [1.29, 1.82) is 0 Å². The van der Waals surface area contributed by atoms with Crippen molar-refractivity contribution in [3.8, 4) is 11.5 Å². The van der Waals surface area contributed by atoms with Crippen LogP contribution in [0.2, 0.25) is 0 Å². The van der Waals surface area contributed by atoms with E-state index >= 15 is 0 Å². The summed E-state index contributed by atoms with van der Waals surface area (Å²) in [7, 11) is 0. The minimum absolute atomic E-state index is 0.122. The predicted octanol–water partition coefficient (Wildman–Crippen LogP) is 1.53. The van der Waals surface area contributed by atoms with Gasteiger partial charge in [-0.1, -0.05) is 13.0 Å². The molecule has 1 aromatic carbocycles. The number of aromatic amines is 1. The molecule has 25 heavy (non-hydrogen) atoms. The molecule has 0 bridgehead atoms. The van der Waals surface area contributed by atoms with Gasteiger partial charge < -0.3 is 15.2 Å². The summed E-state index contributed by atoms with van der Waals surface area (Å²) in [6.45, 7) is 1.95. The molecule has 2 heterocycles. The molecule has 2 aromatic rings. The van der Waals surface area contributed by atoms with Crippen LogP contribution in [0, 0.1) is 0 Å². The fraction of sp³-hybridized carbons (Fsp3) is 0.312. The molecule has 0 aliphatic carbocycles. The lowest BCUT2D eigenvalue weighted by molar-refractivity contribution is -0.166. The van der Waals surface area contributed by atoms with Crippen LogP contribution in [-0.2, 0) is 11.2 Å². The van der Waals surface area contributed by atoms with Gasteiger partial charge in [0.1, 0.15) is 11.1 Å². The summed E-state index contributed by atoms with van der Waals surface area (Å²) in [4.78, 5) is 23.6. The Morgan fingerprint density at radius 2 is 2.20 bits per heavy atom. The number of carbonyl (C=O) groups is 1. The lowest BCUT2D eigenvalue weighted by atomic mass is 10.2. The highest BCUT2D eigenvalue weighted by atomic mass is 32.2. The smallest absolute Gasteiger partial charge is 0.271 e. The summed E-state index contributed by atoms with van der Waals surface area (Å²) in [6, 6.07) is 3.83. The van der Waals surface area contributed by atoms with Gasteiger partial charge in [-0.05, 0) is 12.1 Å². The van der Waals surface area contributed by atoms with E-state index in [0.717, 1.165) is 5.69 Å². The Morgan fingerprint density at radius 1 is 1.40 bits per heavy atom. The molecule has 0 saturated carbocycles. The molecule has 1 aliphatic rings. The third kappa shape index (κ3) is 3.62. The zero-order valence-electron chi connectivity index (χ0n) is 13.5. The van der Waals surface area contributed by atoms with Crippen molar-refractivity contribution in [3.05, 3.63) is 42.0 Å². The van der Waals surface area contributed by atoms with Crippen molar-refractivity contribution in [3.63, 3.8) is 0 Å². The molecule has 2 atom stereocenters. The standard InChI is InChI=1S/C16H18N4O4S/c1-9-13(16(23)20(24)6-5-10-7-17-8-18-10)19-15(25-9)11-3-2-4-12(21)14(11)22/h2-4,7-9,13,21-22,24H,5-6H2,1H3,(H,17,18)/t9-,13+/m0/s1. The molecule has 4 N–H and O–H groups in total. The number of hydrogen-bond donors (Lipinski definition) is 4. The average molecular weight is 362 g/mol. The van der Waals surface area contributed by atoms with Gasteiger partial charge in [0.15, 0.2) is 11.5 Å². The zero-order chi connectivity index (χ0) is 18.0. The van der Waals surface area contributed by atoms with Crippen LogP contribution in [0.1, 0.15) is 18.2 Å². The first-order valence-electron chi connectivity index (χ1n) is 7.70. The van der Waals surface area contributed by atoms with Crippen LogP contribution in [0.15, 0.2) is 35.7 Å². The number of para-hydroxylation sites is 1. The van der Waals surface area contributed by atoms with Crippen LogP contribution in [0.5, 0.6) is 11.5 Å². The van der Waals surface area contributed by atoms with Crippen molar-refractivity contribution in [2.24, 2.45) is 4.99 Å². The fourth-order valence-corrected chi connectivity index (χ4v) is 3.63. The molecule has 0 fully saturated rings. The van der Waals surface area contributed by atoms with Gasteiger partial charge in [-0.3, -0.25) is 15.0 Å². The monoisotopic (exact) mass is 362 g/mol. The van der Waals surface area contributed by atoms with Crippen molar-refractivity contribution >= 4 is 22.7 Å². The van der Waals surface area contributed by atoms with Gasteiger partial charge in [0.2, 0.25) is 0 Å². The third-order valence-electron chi connectivity index (χ3n) is 3.90. The summed E-state index contributed by atoms with van der Waals surface area (Å²) < 4.78 is 0. The van der Waals surface area contributed by atoms with E-state index in [9.17, 15) is 20.2 Å². The summed E-state index contributed by atoms with van der Waals surface area (Å²) in [5.74, 6) is -1.02. The van der Waals surface area contributed by atoms with E-state index in [1.165, 1.54) is 24.2 Å². The van der Waals surface area contributed by atoms with E-state index in [0.29, 0.717) is 22.1 Å². The molecule has 0 spiro atoms. The highest BCUT2D eigenvalue weighted by Gasteiger charge is 2.36. The predicted molar refractivity (Wildman–Crippen MR) is 92.9 cm³/mol. The number of carbonyl (C=O) groups excluding carboxylic acids is 1. The van der Waals surface area contributed by atoms with E-state index in [1.807, 2.05) is 6.92 Å². The zero-order valence-corrected chi connectivity index (χ0v) is 14.3. The van der Waals surface area contributed by atoms with Crippen LogP contribution in [0.3, 0.4) is 0 Å². The van der Waals surface area contributed by atoms with E-state index in [1.54, 1.807) is 18.3 Å². The van der Waals surface area contributed by atoms with Gasteiger partial charge in [0.05, 0.1) is 18.4 Å². The molecule has 1 aromatic heterocycles. The number of benzene rings is 1. The number of nitrogens with one attached hydrogen (secondary N) is 1. The van der Waals surface area contributed by atoms with Crippen LogP contribution >= 0.6 is 11.8 Å². The number of phenols is 2. The van der Waals surface area contributed by atoms with Gasteiger partial charge in [-0.2, -0.15) is 0 Å². The van der Waals surface area contributed by atoms with Gasteiger partial charge in [0.25, 0.3) is 5.91 Å². The molecule has 132 valence electrons. The number of amides is 1. The molecule has 8 nitrogen and oxygen atoms in total. The molecule has 0 saturated heterocycles. The normalized spacial score (nSPS) is 19.7. The molecule has 1 amide bonds. The molecule has 9 heteroatoms. The number of imidazole rings is 1. The number of rotatable bonds is 5. The Kier molecular flexibility index (Phi) is 4.95. The second kappa shape index (κ2) is 7.16. The topological polar surface area (TPSA) is 122 Å². The second-order valence-electron chi connectivity index (χ2n) is 5.66. The number of hydrogen-bond acceptors (Lipinski definition) is 7. The number of aliphatic imine (C=N–C) groups is 1. The molecule has 3 rings (SSSR count). The van der Waals surface area contributed by atoms with Gasteiger partial charge in [-0.15, -0.1) is 11.8 Å². The Morgan fingerprint density at radius 3 is 2.92 bits per heavy atom. The van der Waals surface area contributed by atoms with Crippen LogP contribution in [-0.4, -0.2) is 59.2 Å². The number of nitrogens with zero attached hydrogens (tertiary/aromatic N) is 3.